The number of rotatable bonds is 7. The number of hydroxylamine groups is 4. The lowest BCUT2D eigenvalue weighted by atomic mass is 9.87. The molecule has 0 aliphatic carbocycles. The zero-order valence-electron chi connectivity index (χ0n) is 32.9. The van der Waals surface area contributed by atoms with Gasteiger partial charge >= 0.3 is 11.9 Å². The number of imide groups is 2. The SMILES string of the molecule is N#C/C(=C1\Nc2ccccc2S1)c1ccc2c(c1)Oc1c/c(=C(\C#N)c3nc4ccccc4s3)ccc1=C2c1cc(C(=O)ON2C(=O)CCC2=O)ccc1C(=O)ON1C(=O)CCC1=O. The van der Waals surface area contributed by atoms with E-state index in [0.29, 0.717) is 52.9 Å². The van der Waals surface area contributed by atoms with Crippen LogP contribution in [0.25, 0.3) is 26.9 Å². The summed E-state index contributed by atoms with van der Waals surface area (Å²) in [6.45, 7) is 0. The highest BCUT2D eigenvalue weighted by atomic mass is 32.2. The maximum Gasteiger partial charge on any atom is 0.364 e. The van der Waals surface area contributed by atoms with Crippen molar-refractivity contribution >= 4 is 91.3 Å². The van der Waals surface area contributed by atoms with Gasteiger partial charge in [-0.2, -0.15) is 10.5 Å². The first-order valence-electron chi connectivity index (χ1n) is 19.5. The number of amides is 4. The largest absolute Gasteiger partial charge is 0.456 e. The molecule has 4 aliphatic rings. The Labute approximate surface area is 369 Å². The molecule has 0 spiro atoms. The summed E-state index contributed by atoms with van der Waals surface area (Å²) in [5.74, 6) is -4.61. The second-order valence-electron chi connectivity index (χ2n) is 14.6. The molecule has 5 aromatic carbocycles. The average Bonchev–Trinajstić information content (AvgIpc) is 4.09. The molecule has 64 heavy (non-hydrogen) atoms. The normalized spacial score (nSPS) is 16.3. The number of allylic oxidation sites excluding steroid dienone is 1. The predicted octanol–water partition coefficient (Wildman–Crippen LogP) is 6.22. The molecule has 1 N–H and O–H groups in total. The molecule has 15 nitrogen and oxygen atoms in total. The van der Waals surface area contributed by atoms with Gasteiger partial charge in [0.2, 0.25) is 0 Å². The molecule has 4 amide bonds. The van der Waals surface area contributed by atoms with E-state index in [1.165, 1.54) is 41.3 Å². The van der Waals surface area contributed by atoms with Crippen LogP contribution in [0, 0.1) is 22.7 Å². The summed E-state index contributed by atoms with van der Waals surface area (Å²) in [6, 6.07) is 33.5. The van der Waals surface area contributed by atoms with Gasteiger partial charge in [-0.3, -0.25) is 19.2 Å². The monoisotopic (exact) mass is 882 g/mol. The quantitative estimate of drug-likeness (QED) is 0.139. The van der Waals surface area contributed by atoms with Gasteiger partial charge in [-0.05, 0) is 83.1 Å². The molecule has 0 radical (unpaired) electrons. The number of aromatic nitrogens is 1. The second kappa shape index (κ2) is 15.8. The number of anilines is 1. The number of thiazole rings is 1. The van der Waals surface area contributed by atoms with Crippen LogP contribution in [0.4, 0.5) is 5.69 Å². The number of para-hydroxylation sites is 2. The Hall–Kier alpha value is -8.38. The van der Waals surface area contributed by atoms with Crippen LogP contribution in [0.3, 0.4) is 0 Å². The van der Waals surface area contributed by atoms with Crippen LogP contribution in [0.2, 0.25) is 0 Å². The minimum absolute atomic E-state index is 0.0434. The van der Waals surface area contributed by atoms with Gasteiger partial charge in [-0.25, -0.2) is 14.6 Å². The van der Waals surface area contributed by atoms with Crippen molar-refractivity contribution in [3.05, 3.63) is 151 Å². The third-order valence-electron chi connectivity index (χ3n) is 10.7. The topological polar surface area (TPSA) is 209 Å². The molecule has 0 unspecified atom stereocenters. The molecular formula is C47H26N6O9S2. The van der Waals surface area contributed by atoms with Crippen molar-refractivity contribution < 1.29 is 43.2 Å². The molecule has 6 aromatic rings. The number of nitrogens with one attached hydrogen (secondary N) is 1. The van der Waals surface area contributed by atoms with Crippen LogP contribution in [0.5, 0.6) is 11.5 Å². The lowest BCUT2D eigenvalue weighted by Gasteiger charge is -2.24. The highest BCUT2D eigenvalue weighted by molar-refractivity contribution is 8.04. The van der Waals surface area contributed by atoms with Crippen molar-refractivity contribution in [2.45, 2.75) is 30.6 Å². The van der Waals surface area contributed by atoms with E-state index in [9.17, 15) is 39.3 Å². The van der Waals surface area contributed by atoms with E-state index in [0.717, 1.165) is 20.8 Å². The Morgan fingerprint density at radius 3 is 2.06 bits per heavy atom. The first-order valence-corrected chi connectivity index (χ1v) is 21.2. The van der Waals surface area contributed by atoms with E-state index in [1.54, 1.807) is 36.4 Å². The number of nitrogens with zero attached hydrogens (tertiary/aromatic N) is 5. The van der Waals surface area contributed by atoms with E-state index in [4.69, 9.17) is 19.4 Å². The van der Waals surface area contributed by atoms with Crippen LogP contribution in [0.15, 0.2) is 113 Å². The fraction of sp³-hybridized carbons (Fsp3) is 0.0851. The Morgan fingerprint density at radius 1 is 0.688 bits per heavy atom. The highest BCUT2D eigenvalue weighted by Crippen LogP contribution is 2.45. The van der Waals surface area contributed by atoms with Gasteiger partial charge in [0.25, 0.3) is 23.6 Å². The summed E-state index contributed by atoms with van der Waals surface area (Å²) >= 11 is 2.74. The molecule has 5 heterocycles. The number of carbonyl (C=O) groups excluding carboxylic acids is 6. The second-order valence-corrected chi connectivity index (χ2v) is 16.7. The van der Waals surface area contributed by atoms with Gasteiger partial charge in [0.05, 0.1) is 43.2 Å². The maximum atomic E-state index is 14.1. The number of fused-ring (bicyclic) bond motifs is 4. The number of hydrogen-bond acceptors (Lipinski definition) is 15. The first kappa shape index (κ1) is 39.7. The molecular weight excluding hydrogens is 857 g/mol. The zero-order valence-corrected chi connectivity index (χ0v) is 34.5. The standard InChI is InChI=1S/C47H26N6O9S2/c48-22-31(44-50-33-5-1-3-7-37(33)63-44)24-9-13-28-35(20-24)60-36-21-25(32(23-49)45-51-34-6-2-4-8-38(34)64-45)10-14-29(36)43(28)30-19-26(46(58)61-52-39(54)15-16-40(52)55)11-12-27(30)47(59)62-53-41(56)17-18-42(53)57/h1-14,19-21,50H,15-18H2/b32-25+,44-31-. The fourth-order valence-electron chi connectivity index (χ4n) is 7.62. The van der Waals surface area contributed by atoms with Crippen LogP contribution in [0.1, 0.15) is 68.1 Å². The summed E-state index contributed by atoms with van der Waals surface area (Å²) in [5, 5.41) is 27.0. The van der Waals surface area contributed by atoms with E-state index in [2.05, 4.69) is 17.5 Å². The number of nitriles is 2. The summed E-state index contributed by atoms with van der Waals surface area (Å²) in [6.07, 6.45) is -0.586. The Kier molecular flexibility index (Phi) is 9.83. The number of benzene rings is 5. The van der Waals surface area contributed by atoms with Crippen LogP contribution in [-0.4, -0.2) is 50.7 Å². The zero-order chi connectivity index (χ0) is 44.2. The minimum atomic E-state index is -1.12. The molecule has 2 saturated heterocycles. The number of carbonyl (C=O) groups is 6. The van der Waals surface area contributed by atoms with Crippen molar-refractivity contribution in [3.63, 3.8) is 0 Å². The average molecular weight is 883 g/mol. The molecule has 310 valence electrons. The molecule has 0 saturated carbocycles. The van der Waals surface area contributed by atoms with Gasteiger partial charge < -0.3 is 19.7 Å². The van der Waals surface area contributed by atoms with Crippen LogP contribution >= 0.6 is 23.1 Å². The molecule has 10 rings (SSSR count). The number of thioether (sulfide) groups is 1. The third kappa shape index (κ3) is 6.91. The van der Waals surface area contributed by atoms with Crippen molar-refractivity contribution in [1.29, 1.82) is 10.5 Å². The third-order valence-corrected chi connectivity index (χ3v) is 12.8. The van der Waals surface area contributed by atoms with Gasteiger partial charge in [0, 0.05) is 46.9 Å². The Bertz CT molecular complexity index is 3310. The van der Waals surface area contributed by atoms with Crippen molar-refractivity contribution in [1.82, 2.24) is 15.1 Å². The van der Waals surface area contributed by atoms with Gasteiger partial charge in [0.15, 0.2) is 0 Å². The summed E-state index contributed by atoms with van der Waals surface area (Å²) in [4.78, 5) is 94.1. The van der Waals surface area contributed by atoms with E-state index < -0.39 is 35.6 Å². The van der Waals surface area contributed by atoms with Crippen molar-refractivity contribution in [2.75, 3.05) is 5.32 Å². The smallest absolute Gasteiger partial charge is 0.364 e. The highest BCUT2D eigenvalue weighted by Gasteiger charge is 2.36. The fourth-order valence-corrected chi connectivity index (χ4v) is 9.63. The lowest BCUT2D eigenvalue weighted by molar-refractivity contribution is -0.173. The van der Waals surface area contributed by atoms with Crippen molar-refractivity contribution in [2.24, 2.45) is 0 Å². The molecule has 0 atom stereocenters. The Morgan fingerprint density at radius 2 is 1.36 bits per heavy atom. The maximum absolute atomic E-state index is 14.1. The summed E-state index contributed by atoms with van der Waals surface area (Å²) in [5.41, 5.74) is 2.96. The molecule has 2 fully saturated rings. The summed E-state index contributed by atoms with van der Waals surface area (Å²) in [7, 11) is 0. The predicted molar refractivity (Wildman–Crippen MR) is 229 cm³/mol. The lowest BCUT2D eigenvalue weighted by Crippen LogP contribution is -2.33. The number of ether oxygens (including phenoxy) is 1. The van der Waals surface area contributed by atoms with Gasteiger partial charge in [0.1, 0.15) is 28.6 Å². The van der Waals surface area contributed by atoms with E-state index in [-0.39, 0.29) is 59.4 Å². The van der Waals surface area contributed by atoms with Gasteiger partial charge in [-0.1, -0.05) is 48.2 Å². The molecule has 0 bridgehead atoms. The van der Waals surface area contributed by atoms with Gasteiger partial charge in [-0.15, -0.1) is 21.5 Å². The summed E-state index contributed by atoms with van der Waals surface area (Å²) < 4.78 is 7.52. The van der Waals surface area contributed by atoms with Crippen molar-refractivity contribution in [3.8, 4) is 23.6 Å². The Balaban J connectivity index is 1.18. The molecule has 4 aliphatic heterocycles. The molecule has 1 aromatic heterocycles. The van der Waals surface area contributed by atoms with E-state index in [1.807, 2.05) is 48.5 Å². The first-order chi connectivity index (χ1) is 31.1. The van der Waals surface area contributed by atoms with Crippen LogP contribution in [-0.2, 0) is 28.9 Å². The number of hydrogen-bond donors (Lipinski definition) is 1. The van der Waals surface area contributed by atoms with Crippen LogP contribution < -0.4 is 20.5 Å². The van der Waals surface area contributed by atoms with E-state index >= 15 is 0 Å². The molecule has 17 heteroatoms. The minimum Gasteiger partial charge on any atom is -0.456 e.